The van der Waals surface area contributed by atoms with Gasteiger partial charge in [-0.1, -0.05) is 18.2 Å². The molecule has 2 heterocycles. The second kappa shape index (κ2) is 8.03. The van der Waals surface area contributed by atoms with Crippen LogP contribution >= 0.6 is 0 Å². The minimum Gasteiger partial charge on any atom is -0.419 e. The van der Waals surface area contributed by atoms with E-state index in [0.717, 1.165) is 54.7 Å². The van der Waals surface area contributed by atoms with Crippen molar-refractivity contribution in [2.24, 2.45) is 0 Å². The number of likely N-dealkylation sites (tertiary alicyclic amines) is 1. The predicted octanol–water partition coefficient (Wildman–Crippen LogP) is 4.20. The summed E-state index contributed by atoms with van der Waals surface area (Å²) in [6, 6.07) is 14.3. The third-order valence-electron chi connectivity index (χ3n) is 5.88. The third-order valence-corrected chi connectivity index (χ3v) is 5.88. The summed E-state index contributed by atoms with van der Waals surface area (Å²) in [5.41, 5.74) is 4.87. The van der Waals surface area contributed by atoms with Gasteiger partial charge >= 0.3 is 0 Å². The van der Waals surface area contributed by atoms with Gasteiger partial charge in [-0.3, -0.25) is 9.69 Å². The first-order valence-electron chi connectivity index (χ1n) is 10.7. The molecule has 3 aromatic rings. The van der Waals surface area contributed by atoms with Crippen LogP contribution in [0.1, 0.15) is 47.5 Å². The van der Waals surface area contributed by atoms with Crippen LogP contribution in [0.15, 0.2) is 46.9 Å². The Kier molecular flexibility index (Phi) is 5.09. The summed E-state index contributed by atoms with van der Waals surface area (Å²) in [6.45, 7) is 4.99. The van der Waals surface area contributed by atoms with Gasteiger partial charge in [0.1, 0.15) is 0 Å². The van der Waals surface area contributed by atoms with Crippen molar-refractivity contribution >= 4 is 5.91 Å². The molecular formula is C24H26N4O2. The molecule has 1 amide bonds. The van der Waals surface area contributed by atoms with Crippen LogP contribution in [-0.4, -0.2) is 40.1 Å². The molecule has 154 valence electrons. The monoisotopic (exact) mass is 402 g/mol. The van der Waals surface area contributed by atoms with E-state index in [2.05, 4.69) is 27.3 Å². The Bertz CT molecular complexity index is 1050. The van der Waals surface area contributed by atoms with Gasteiger partial charge in [0.25, 0.3) is 5.91 Å². The van der Waals surface area contributed by atoms with E-state index in [0.29, 0.717) is 23.4 Å². The maximum Gasteiger partial charge on any atom is 0.251 e. The second-order valence-corrected chi connectivity index (χ2v) is 8.34. The molecule has 1 aliphatic carbocycles. The first-order valence-corrected chi connectivity index (χ1v) is 10.7. The molecule has 1 saturated heterocycles. The molecular weight excluding hydrogens is 376 g/mol. The van der Waals surface area contributed by atoms with Crippen LogP contribution in [0.4, 0.5) is 0 Å². The summed E-state index contributed by atoms with van der Waals surface area (Å²) in [6.07, 6.45) is 4.65. The topological polar surface area (TPSA) is 71.3 Å². The number of nitrogens with one attached hydrogen (secondary N) is 1. The van der Waals surface area contributed by atoms with Crippen LogP contribution in [0.3, 0.4) is 0 Å². The smallest absolute Gasteiger partial charge is 0.251 e. The van der Waals surface area contributed by atoms with Crippen LogP contribution in [0.25, 0.3) is 22.6 Å². The van der Waals surface area contributed by atoms with Crippen molar-refractivity contribution in [1.29, 1.82) is 0 Å². The summed E-state index contributed by atoms with van der Waals surface area (Å²) < 4.78 is 5.88. The molecule has 6 heteroatoms. The van der Waals surface area contributed by atoms with Gasteiger partial charge in [0, 0.05) is 17.2 Å². The summed E-state index contributed by atoms with van der Waals surface area (Å²) in [7, 11) is 0. The minimum atomic E-state index is 0.00626. The molecule has 0 atom stereocenters. The summed E-state index contributed by atoms with van der Waals surface area (Å²) >= 11 is 0. The van der Waals surface area contributed by atoms with Gasteiger partial charge in [0.15, 0.2) is 0 Å². The van der Waals surface area contributed by atoms with Gasteiger partial charge in [-0.2, -0.15) is 0 Å². The SMILES string of the molecule is Cc1ccc(C(=O)NC2CC2)cc1-c1ccc(-c2nnc(CN3CCCC3)o2)cc1. The molecule has 0 radical (unpaired) electrons. The van der Waals surface area contributed by atoms with Crippen molar-refractivity contribution in [2.75, 3.05) is 13.1 Å². The van der Waals surface area contributed by atoms with Crippen molar-refractivity contribution < 1.29 is 9.21 Å². The molecule has 2 aromatic carbocycles. The van der Waals surface area contributed by atoms with Gasteiger partial charge in [0.2, 0.25) is 11.8 Å². The fraction of sp³-hybridized carbons (Fsp3) is 0.375. The van der Waals surface area contributed by atoms with E-state index in [9.17, 15) is 4.79 Å². The Labute approximate surface area is 176 Å². The van der Waals surface area contributed by atoms with E-state index in [-0.39, 0.29) is 5.91 Å². The zero-order chi connectivity index (χ0) is 20.5. The molecule has 1 saturated carbocycles. The van der Waals surface area contributed by atoms with Crippen LogP contribution in [0.5, 0.6) is 0 Å². The molecule has 5 rings (SSSR count). The van der Waals surface area contributed by atoms with Crippen LogP contribution < -0.4 is 5.32 Å². The highest BCUT2D eigenvalue weighted by atomic mass is 16.4. The molecule has 0 spiro atoms. The minimum absolute atomic E-state index is 0.00626. The number of aryl methyl sites for hydroxylation is 1. The van der Waals surface area contributed by atoms with Crippen molar-refractivity contribution in [3.05, 3.63) is 59.5 Å². The van der Waals surface area contributed by atoms with Crippen LogP contribution in [0.2, 0.25) is 0 Å². The highest BCUT2D eigenvalue weighted by Gasteiger charge is 2.24. The lowest BCUT2D eigenvalue weighted by Gasteiger charge is -2.10. The number of hydrogen-bond acceptors (Lipinski definition) is 5. The Morgan fingerprint density at radius 1 is 1.07 bits per heavy atom. The number of carbonyl (C=O) groups excluding carboxylic acids is 1. The standard InChI is InChI=1S/C24H26N4O2/c1-16-4-5-19(23(29)25-20-10-11-20)14-21(16)17-6-8-18(9-7-17)24-27-26-22(30-24)15-28-12-2-3-13-28/h4-9,14,20H,2-3,10-13,15H2,1H3,(H,25,29). The number of nitrogens with zero attached hydrogens (tertiary/aromatic N) is 3. The van der Waals surface area contributed by atoms with Gasteiger partial charge in [-0.15, -0.1) is 10.2 Å². The lowest BCUT2D eigenvalue weighted by Crippen LogP contribution is -2.25. The van der Waals surface area contributed by atoms with Crippen molar-refractivity contribution in [3.8, 4) is 22.6 Å². The molecule has 2 aliphatic rings. The lowest BCUT2D eigenvalue weighted by atomic mass is 9.97. The average molecular weight is 402 g/mol. The van der Waals surface area contributed by atoms with E-state index in [1.807, 2.05) is 42.5 Å². The molecule has 30 heavy (non-hydrogen) atoms. The van der Waals surface area contributed by atoms with Gasteiger partial charge in [-0.25, -0.2) is 0 Å². The van der Waals surface area contributed by atoms with Gasteiger partial charge in [-0.05, 0) is 86.7 Å². The number of benzene rings is 2. The largest absolute Gasteiger partial charge is 0.419 e. The highest BCUT2D eigenvalue weighted by Crippen LogP contribution is 2.28. The van der Waals surface area contributed by atoms with E-state index in [1.165, 1.54) is 12.8 Å². The summed E-state index contributed by atoms with van der Waals surface area (Å²) in [4.78, 5) is 14.8. The number of hydrogen-bond donors (Lipinski definition) is 1. The highest BCUT2D eigenvalue weighted by molar-refractivity contribution is 5.96. The molecule has 2 fully saturated rings. The number of carbonyl (C=O) groups is 1. The first kappa shape index (κ1) is 19.0. The van der Waals surface area contributed by atoms with Crippen LogP contribution in [0, 0.1) is 6.92 Å². The zero-order valence-electron chi connectivity index (χ0n) is 17.2. The average Bonchev–Trinajstić information content (AvgIpc) is 3.22. The van der Waals surface area contributed by atoms with Crippen LogP contribution in [-0.2, 0) is 6.54 Å². The maximum absolute atomic E-state index is 12.4. The molecule has 1 aliphatic heterocycles. The van der Waals surface area contributed by atoms with Crippen molar-refractivity contribution in [2.45, 2.75) is 45.2 Å². The normalized spacial score (nSPS) is 16.7. The van der Waals surface area contributed by atoms with E-state index in [1.54, 1.807) is 0 Å². The van der Waals surface area contributed by atoms with E-state index < -0.39 is 0 Å². The molecule has 1 N–H and O–H groups in total. The summed E-state index contributed by atoms with van der Waals surface area (Å²) in [5.74, 6) is 1.22. The maximum atomic E-state index is 12.4. The van der Waals surface area contributed by atoms with E-state index >= 15 is 0 Å². The number of amides is 1. The number of aromatic nitrogens is 2. The Balaban J connectivity index is 1.33. The zero-order valence-corrected chi connectivity index (χ0v) is 17.2. The van der Waals surface area contributed by atoms with E-state index in [4.69, 9.17) is 4.42 Å². The van der Waals surface area contributed by atoms with Gasteiger partial charge < -0.3 is 9.73 Å². The molecule has 6 nitrogen and oxygen atoms in total. The first-order chi connectivity index (χ1) is 14.7. The molecule has 1 aromatic heterocycles. The second-order valence-electron chi connectivity index (χ2n) is 8.34. The molecule has 0 unspecified atom stereocenters. The van der Waals surface area contributed by atoms with Crippen molar-refractivity contribution in [3.63, 3.8) is 0 Å². The molecule has 0 bridgehead atoms. The predicted molar refractivity (Wildman–Crippen MR) is 115 cm³/mol. The fourth-order valence-corrected chi connectivity index (χ4v) is 3.93. The Hall–Kier alpha value is -2.99. The fourth-order valence-electron chi connectivity index (χ4n) is 3.93. The van der Waals surface area contributed by atoms with Gasteiger partial charge in [0.05, 0.1) is 6.54 Å². The quantitative estimate of drug-likeness (QED) is 0.669. The Morgan fingerprint density at radius 3 is 2.53 bits per heavy atom. The number of rotatable bonds is 6. The Morgan fingerprint density at radius 2 is 1.80 bits per heavy atom. The third kappa shape index (κ3) is 4.14. The summed E-state index contributed by atoms with van der Waals surface area (Å²) in [5, 5.41) is 11.5. The lowest BCUT2D eigenvalue weighted by molar-refractivity contribution is 0.0951. The van der Waals surface area contributed by atoms with Crippen molar-refractivity contribution in [1.82, 2.24) is 20.4 Å².